The fourth-order valence-electron chi connectivity index (χ4n) is 2.55. The largest absolute Gasteiger partial charge is 0.334 e. The topological polar surface area (TPSA) is 72.7 Å². The highest BCUT2D eigenvalue weighted by atomic mass is 16.1. The highest BCUT2D eigenvalue weighted by Gasteiger charge is 2.14. The van der Waals surface area contributed by atoms with E-state index in [2.05, 4.69) is 20.5 Å². The molecule has 0 spiro atoms. The van der Waals surface area contributed by atoms with Crippen molar-refractivity contribution in [1.82, 2.24) is 19.7 Å². The number of hydrogen-bond acceptors (Lipinski definition) is 4. The van der Waals surface area contributed by atoms with Gasteiger partial charge in [0.1, 0.15) is 5.82 Å². The summed E-state index contributed by atoms with van der Waals surface area (Å²) in [5.74, 6) is 0.670. The van der Waals surface area contributed by atoms with Crippen LogP contribution in [0.2, 0.25) is 0 Å². The summed E-state index contributed by atoms with van der Waals surface area (Å²) in [6.07, 6.45) is 4.29. The number of aryl methyl sites for hydroxylation is 3. The van der Waals surface area contributed by atoms with Gasteiger partial charge in [-0.2, -0.15) is 10.2 Å². The second-order valence-corrected chi connectivity index (χ2v) is 5.60. The lowest BCUT2D eigenvalue weighted by Crippen LogP contribution is -2.16. The first-order valence-electron chi connectivity index (χ1n) is 7.80. The number of benzene rings is 1. The molecule has 0 aliphatic heterocycles. The van der Waals surface area contributed by atoms with E-state index in [1.54, 1.807) is 12.3 Å². The van der Waals surface area contributed by atoms with Gasteiger partial charge in [0.25, 0.3) is 5.91 Å². The molecule has 1 N–H and O–H groups in total. The quantitative estimate of drug-likeness (QED) is 0.802. The Bertz CT molecular complexity index is 885. The molecule has 0 fully saturated rings. The summed E-state index contributed by atoms with van der Waals surface area (Å²) in [4.78, 5) is 16.9. The van der Waals surface area contributed by atoms with Crippen molar-refractivity contribution < 1.29 is 4.79 Å². The summed E-state index contributed by atoms with van der Waals surface area (Å²) in [6.45, 7) is 3.78. The Morgan fingerprint density at radius 1 is 1.25 bits per heavy atom. The Morgan fingerprint density at radius 3 is 2.79 bits per heavy atom. The van der Waals surface area contributed by atoms with Crippen LogP contribution in [-0.2, 0) is 13.5 Å². The van der Waals surface area contributed by atoms with Gasteiger partial charge in [-0.25, -0.2) is 4.98 Å². The molecule has 6 nitrogen and oxygen atoms in total. The van der Waals surface area contributed by atoms with Gasteiger partial charge in [0, 0.05) is 30.7 Å². The minimum atomic E-state index is -0.179. The highest BCUT2D eigenvalue weighted by Crippen LogP contribution is 2.21. The van der Waals surface area contributed by atoms with Crippen LogP contribution >= 0.6 is 0 Å². The summed E-state index contributed by atoms with van der Waals surface area (Å²) >= 11 is 0. The standard InChI is InChI=1S/C18H19N5O/c1-4-16-15(10-12(2)21-22-16)18(24)20-14-7-5-6-13(11-14)17-19-8-9-23(17)3/h5-11H,4H2,1-3H3,(H,20,24). The zero-order chi connectivity index (χ0) is 17.1. The summed E-state index contributed by atoms with van der Waals surface area (Å²) in [5, 5.41) is 11.1. The van der Waals surface area contributed by atoms with E-state index in [0.29, 0.717) is 17.7 Å². The number of nitrogens with one attached hydrogen (secondary N) is 1. The van der Waals surface area contributed by atoms with Crippen LogP contribution in [0.5, 0.6) is 0 Å². The minimum absolute atomic E-state index is 0.179. The number of hydrogen-bond donors (Lipinski definition) is 1. The summed E-state index contributed by atoms with van der Waals surface area (Å²) in [6, 6.07) is 9.40. The molecule has 122 valence electrons. The number of carbonyl (C=O) groups is 1. The molecule has 3 aromatic rings. The maximum atomic E-state index is 12.6. The third-order valence-corrected chi connectivity index (χ3v) is 3.77. The Morgan fingerprint density at radius 2 is 2.08 bits per heavy atom. The summed E-state index contributed by atoms with van der Waals surface area (Å²) in [5.41, 5.74) is 3.64. The van der Waals surface area contributed by atoms with Gasteiger partial charge in [0.15, 0.2) is 0 Å². The predicted molar refractivity (Wildman–Crippen MR) is 92.7 cm³/mol. The van der Waals surface area contributed by atoms with Crippen molar-refractivity contribution in [3.05, 3.63) is 59.7 Å². The second-order valence-electron chi connectivity index (χ2n) is 5.60. The molecule has 0 atom stereocenters. The summed E-state index contributed by atoms with van der Waals surface area (Å²) < 4.78 is 1.94. The van der Waals surface area contributed by atoms with E-state index in [1.165, 1.54) is 0 Å². The first-order valence-corrected chi connectivity index (χ1v) is 7.80. The number of carbonyl (C=O) groups excluding carboxylic acids is 1. The third-order valence-electron chi connectivity index (χ3n) is 3.77. The molecule has 0 aliphatic carbocycles. The molecule has 0 radical (unpaired) electrons. The molecular weight excluding hydrogens is 302 g/mol. The van der Waals surface area contributed by atoms with E-state index in [1.807, 2.05) is 55.9 Å². The van der Waals surface area contributed by atoms with Crippen molar-refractivity contribution in [3.8, 4) is 11.4 Å². The van der Waals surface area contributed by atoms with Crippen LogP contribution in [-0.4, -0.2) is 25.7 Å². The number of nitrogens with zero attached hydrogens (tertiary/aromatic N) is 4. The number of amides is 1. The van der Waals surface area contributed by atoms with Gasteiger partial charge in [-0.3, -0.25) is 4.79 Å². The molecule has 0 saturated carbocycles. The smallest absolute Gasteiger partial charge is 0.257 e. The number of imidazole rings is 1. The first-order chi connectivity index (χ1) is 11.6. The van der Waals surface area contributed by atoms with E-state index in [-0.39, 0.29) is 5.91 Å². The molecule has 0 aliphatic rings. The monoisotopic (exact) mass is 321 g/mol. The first kappa shape index (κ1) is 15.9. The Hall–Kier alpha value is -3.02. The van der Waals surface area contributed by atoms with Crippen LogP contribution in [0.3, 0.4) is 0 Å². The number of anilines is 1. The molecule has 24 heavy (non-hydrogen) atoms. The molecule has 0 bridgehead atoms. The van der Waals surface area contributed by atoms with Crippen molar-refractivity contribution in [2.45, 2.75) is 20.3 Å². The molecule has 2 aromatic heterocycles. The van der Waals surface area contributed by atoms with Gasteiger partial charge in [0.2, 0.25) is 0 Å². The average molecular weight is 321 g/mol. The fraction of sp³-hybridized carbons (Fsp3) is 0.222. The van der Waals surface area contributed by atoms with E-state index < -0.39 is 0 Å². The van der Waals surface area contributed by atoms with Crippen molar-refractivity contribution >= 4 is 11.6 Å². The minimum Gasteiger partial charge on any atom is -0.334 e. The zero-order valence-corrected chi connectivity index (χ0v) is 13.9. The van der Waals surface area contributed by atoms with Gasteiger partial charge in [-0.1, -0.05) is 19.1 Å². The molecular formula is C18H19N5O. The highest BCUT2D eigenvalue weighted by molar-refractivity contribution is 6.05. The molecule has 1 aromatic carbocycles. The lowest BCUT2D eigenvalue weighted by molar-refractivity contribution is 0.102. The Labute approximate surface area is 140 Å². The third kappa shape index (κ3) is 3.17. The van der Waals surface area contributed by atoms with Gasteiger partial charge in [0.05, 0.1) is 17.0 Å². The van der Waals surface area contributed by atoms with Gasteiger partial charge >= 0.3 is 0 Å². The van der Waals surface area contributed by atoms with Crippen molar-refractivity contribution in [1.29, 1.82) is 0 Å². The van der Waals surface area contributed by atoms with Gasteiger partial charge in [-0.05, 0) is 31.5 Å². The molecule has 6 heteroatoms. The molecule has 2 heterocycles. The van der Waals surface area contributed by atoms with Crippen LogP contribution in [0.1, 0.15) is 28.7 Å². The molecule has 0 unspecified atom stereocenters. The van der Waals surface area contributed by atoms with Gasteiger partial charge < -0.3 is 9.88 Å². The van der Waals surface area contributed by atoms with E-state index in [9.17, 15) is 4.79 Å². The van der Waals surface area contributed by atoms with E-state index in [0.717, 1.165) is 22.8 Å². The lowest BCUT2D eigenvalue weighted by atomic mass is 10.1. The lowest BCUT2D eigenvalue weighted by Gasteiger charge is -2.10. The van der Waals surface area contributed by atoms with Crippen molar-refractivity contribution in [2.75, 3.05) is 5.32 Å². The van der Waals surface area contributed by atoms with Crippen LogP contribution in [0.4, 0.5) is 5.69 Å². The molecule has 1 amide bonds. The second kappa shape index (κ2) is 6.62. The van der Waals surface area contributed by atoms with Crippen LogP contribution in [0, 0.1) is 6.92 Å². The van der Waals surface area contributed by atoms with Crippen molar-refractivity contribution in [3.63, 3.8) is 0 Å². The van der Waals surface area contributed by atoms with Crippen molar-refractivity contribution in [2.24, 2.45) is 7.05 Å². The number of aromatic nitrogens is 4. The van der Waals surface area contributed by atoms with Gasteiger partial charge in [-0.15, -0.1) is 0 Å². The van der Waals surface area contributed by atoms with E-state index in [4.69, 9.17) is 0 Å². The maximum absolute atomic E-state index is 12.6. The number of rotatable bonds is 4. The van der Waals surface area contributed by atoms with Crippen LogP contribution in [0.15, 0.2) is 42.7 Å². The Balaban J connectivity index is 1.88. The average Bonchev–Trinajstić information content (AvgIpc) is 3.01. The van der Waals surface area contributed by atoms with Crippen LogP contribution < -0.4 is 5.32 Å². The fourth-order valence-corrected chi connectivity index (χ4v) is 2.55. The Kier molecular flexibility index (Phi) is 4.37. The zero-order valence-electron chi connectivity index (χ0n) is 13.9. The van der Waals surface area contributed by atoms with Crippen LogP contribution in [0.25, 0.3) is 11.4 Å². The predicted octanol–water partition coefficient (Wildman–Crippen LogP) is 3.00. The molecule has 3 rings (SSSR count). The molecule has 0 saturated heterocycles. The maximum Gasteiger partial charge on any atom is 0.257 e. The normalized spacial score (nSPS) is 10.6. The SMILES string of the molecule is CCc1nnc(C)cc1C(=O)Nc1cccc(-c2nccn2C)c1. The van der Waals surface area contributed by atoms with E-state index >= 15 is 0 Å². The summed E-state index contributed by atoms with van der Waals surface area (Å²) in [7, 11) is 1.94.